The zero-order valence-corrected chi connectivity index (χ0v) is 18.1. The number of aryl methyl sites for hydroxylation is 3. The molecule has 0 aliphatic rings. The van der Waals surface area contributed by atoms with Gasteiger partial charge in [-0.15, -0.1) is 0 Å². The highest BCUT2D eigenvalue weighted by Crippen LogP contribution is 2.36. The van der Waals surface area contributed by atoms with E-state index in [1.165, 1.54) is 16.7 Å². The molecule has 0 aliphatic heterocycles. The lowest BCUT2D eigenvalue weighted by Gasteiger charge is -2.11. The number of nitrogens with zero attached hydrogens (tertiary/aromatic N) is 4. The van der Waals surface area contributed by atoms with Gasteiger partial charge in [0.2, 0.25) is 5.95 Å². The second kappa shape index (κ2) is 7.40. The highest BCUT2D eigenvalue weighted by molar-refractivity contribution is 6.03. The number of hydrogen-bond donors (Lipinski definition) is 2. The molecular formula is C25H24N6. The van der Waals surface area contributed by atoms with Crippen LogP contribution >= 0.6 is 0 Å². The molecule has 5 rings (SSSR count). The minimum absolute atomic E-state index is 0.622. The summed E-state index contributed by atoms with van der Waals surface area (Å²) in [5.74, 6) is 1.47. The molecule has 2 N–H and O–H groups in total. The van der Waals surface area contributed by atoms with Crippen molar-refractivity contribution in [1.82, 2.24) is 19.7 Å². The molecule has 31 heavy (non-hydrogen) atoms. The van der Waals surface area contributed by atoms with Crippen molar-refractivity contribution in [1.29, 1.82) is 0 Å². The highest BCUT2D eigenvalue weighted by Gasteiger charge is 2.16. The Labute approximate surface area is 181 Å². The number of anilines is 3. The van der Waals surface area contributed by atoms with Gasteiger partial charge in [0.05, 0.1) is 11.0 Å². The fraction of sp³-hybridized carbons (Fsp3) is 0.160. The predicted octanol–water partition coefficient (Wildman–Crippen LogP) is 5.59. The molecule has 5 aromatic rings. The van der Waals surface area contributed by atoms with Crippen LogP contribution in [0.5, 0.6) is 0 Å². The second-order valence-electron chi connectivity index (χ2n) is 7.83. The zero-order valence-electron chi connectivity index (χ0n) is 18.1. The van der Waals surface area contributed by atoms with Crippen LogP contribution < -0.4 is 10.6 Å². The van der Waals surface area contributed by atoms with Crippen LogP contribution in [0.1, 0.15) is 11.1 Å². The van der Waals surface area contributed by atoms with Crippen LogP contribution in [0.25, 0.3) is 32.9 Å². The molecule has 0 saturated carbocycles. The monoisotopic (exact) mass is 408 g/mol. The lowest BCUT2D eigenvalue weighted by molar-refractivity contribution is 0.801. The number of hydrogen-bond acceptors (Lipinski definition) is 5. The Bertz CT molecular complexity index is 1420. The molecule has 0 amide bonds. The number of aromatic nitrogens is 4. The molecule has 0 unspecified atom stereocenters. The van der Waals surface area contributed by atoms with Crippen LogP contribution in [0.4, 0.5) is 17.5 Å². The van der Waals surface area contributed by atoms with Crippen LogP contribution in [0.15, 0.2) is 60.8 Å². The quantitative estimate of drug-likeness (QED) is 0.406. The smallest absolute Gasteiger partial charge is 0.222 e. The Morgan fingerprint density at radius 2 is 1.74 bits per heavy atom. The fourth-order valence-electron chi connectivity index (χ4n) is 4.01. The third kappa shape index (κ3) is 3.36. The van der Waals surface area contributed by atoms with Crippen LogP contribution in [0.3, 0.4) is 0 Å². The summed E-state index contributed by atoms with van der Waals surface area (Å²) in [4.78, 5) is 8.91. The van der Waals surface area contributed by atoms with Gasteiger partial charge in [0, 0.05) is 42.3 Å². The van der Waals surface area contributed by atoms with Crippen molar-refractivity contribution >= 4 is 39.3 Å². The molecular weight excluding hydrogens is 384 g/mol. The first-order valence-corrected chi connectivity index (χ1v) is 10.3. The van der Waals surface area contributed by atoms with E-state index in [1.807, 2.05) is 31.0 Å². The van der Waals surface area contributed by atoms with Gasteiger partial charge in [0.15, 0.2) is 5.82 Å². The molecule has 0 saturated heterocycles. The largest absolute Gasteiger partial charge is 0.357 e. The minimum atomic E-state index is 0.622. The number of fused-ring (bicyclic) bond motifs is 2. The molecule has 6 nitrogen and oxygen atoms in total. The lowest BCUT2D eigenvalue weighted by atomic mass is 9.96. The first kappa shape index (κ1) is 19.1. The minimum Gasteiger partial charge on any atom is -0.357 e. The number of nitrogens with one attached hydrogen (secondary N) is 2. The van der Waals surface area contributed by atoms with Gasteiger partial charge in [-0.2, -0.15) is 5.10 Å². The molecule has 6 heteroatoms. The average molecular weight is 409 g/mol. The Kier molecular flexibility index (Phi) is 4.55. The van der Waals surface area contributed by atoms with Crippen LogP contribution in [-0.4, -0.2) is 26.8 Å². The van der Waals surface area contributed by atoms with Crippen LogP contribution in [-0.2, 0) is 7.05 Å². The van der Waals surface area contributed by atoms with E-state index in [4.69, 9.17) is 5.10 Å². The number of benzene rings is 3. The molecule has 154 valence electrons. The molecule has 0 atom stereocenters. The Balaban J connectivity index is 1.65. The SMILES string of the molecule is CNc1ncc2cc(-c3c(C)ccc4c(Nc5ccc(C)cc5)nn(C)c34)ccc2n1. The maximum absolute atomic E-state index is 4.79. The van der Waals surface area contributed by atoms with Gasteiger partial charge >= 0.3 is 0 Å². The average Bonchev–Trinajstić information content (AvgIpc) is 3.09. The van der Waals surface area contributed by atoms with Crippen molar-refractivity contribution in [2.75, 3.05) is 17.7 Å². The number of rotatable bonds is 4. The van der Waals surface area contributed by atoms with Crippen molar-refractivity contribution < 1.29 is 0 Å². The van der Waals surface area contributed by atoms with Gasteiger partial charge < -0.3 is 10.6 Å². The van der Waals surface area contributed by atoms with Gasteiger partial charge in [0.25, 0.3) is 0 Å². The van der Waals surface area contributed by atoms with Crippen LogP contribution in [0, 0.1) is 13.8 Å². The third-order valence-electron chi connectivity index (χ3n) is 5.62. The maximum Gasteiger partial charge on any atom is 0.222 e. The molecule has 0 aliphatic carbocycles. The standard InChI is InChI=1S/C25H24N6/c1-15-5-9-19(10-6-15)28-24-20-11-7-16(2)22(23(20)31(4)30-24)17-8-12-21-18(13-17)14-27-25(26-3)29-21/h5-14H,1-4H3,(H,28,30)(H,26,27,29). The molecule has 0 spiro atoms. The summed E-state index contributed by atoms with van der Waals surface area (Å²) < 4.78 is 1.96. The van der Waals surface area contributed by atoms with Gasteiger partial charge in [-0.05, 0) is 55.3 Å². The molecule has 2 aromatic heterocycles. The first-order chi connectivity index (χ1) is 15.0. The van der Waals surface area contributed by atoms with Crippen molar-refractivity contribution in [2.24, 2.45) is 7.05 Å². The lowest BCUT2D eigenvalue weighted by Crippen LogP contribution is -1.97. The normalized spacial score (nSPS) is 11.2. The van der Waals surface area contributed by atoms with Crippen molar-refractivity contribution in [3.63, 3.8) is 0 Å². The van der Waals surface area contributed by atoms with E-state index in [2.05, 4.69) is 83.0 Å². The van der Waals surface area contributed by atoms with E-state index in [0.717, 1.165) is 38.9 Å². The summed E-state index contributed by atoms with van der Waals surface area (Å²) in [5, 5.41) is 13.4. The summed E-state index contributed by atoms with van der Waals surface area (Å²) in [6, 6.07) is 19.0. The fourth-order valence-corrected chi connectivity index (χ4v) is 4.01. The van der Waals surface area contributed by atoms with Crippen molar-refractivity contribution in [2.45, 2.75) is 13.8 Å². The molecule has 2 heterocycles. The topological polar surface area (TPSA) is 67.7 Å². The second-order valence-corrected chi connectivity index (χ2v) is 7.83. The van der Waals surface area contributed by atoms with E-state index in [0.29, 0.717) is 5.95 Å². The molecule has 0 fully saturated rings. The van der Waals surface area contributed by atoms with Gasteiger partial charge in [0.1, 0.15) is 0 Å². The molecule has 0 radical (unpaired) electrons. The molecule has 3 aromatic carbocycles. The summed E-state index contributed by atoms with van der Waals surface area (Å²) >= 11 is 0. The summed E-state index contributed by atoms with van der Waals surface area (Å²) in [7, 11) is 3.82. The predicted molar refractivity (Wildman–Crippen MR) is 128 cm³/mol. The van der Waals surface area contributed by atoms with Gasteiger partial charge in [-0.1, -0.05) is 29.8 Å². The van der Waals surface area contributed by atoms with E-state index >= 15 is 0 Å². The van der Waals surface area contributed by atoms with E-state index < -0.39 is 0 Å². The Hall–Kier alpha value is -3.93. The highest BCUT2D eigenvalue weighted by atomic mass is 15.3. The van der Waals surface area contributed by atoms with Crippen molar-refractivity contribution in [3.8, 4) is 11.1 Å². The Morgan fingerprint density at radius 1 is 0.935 bits per heavy atom. The first-order valence-electron chi connectivity index (χ1n) is 10.3. The van der Waals surface area contributed by atoms with Gasteiger partial charge in [-0.25, -0.2) is 9.97 Å². The third-order valence-corrected chi connectivity index (χ3v) is 5.62. The van der Waals surface area contributed by atoms with Crippen molar-refractivity contribution in [3.05, 3.63) is 71.9 Å². The Morgan fingerprint density at radius 3 is 2.52 bits per heavy atom. The summed E-state index contributed by atoms with van der Waals surface area (Å²) in [6.07, 6.45) is 1.86. The van der Waals surface area contributed by atoms with E-state index in [9.17, 15) is 0 Å². The zero-order chi connectivity index (χ0) is 21.5. The van der Waals surface area contributed by atoms with E-state index in [-0.39, 0.29) is 0 Å². The summed E-state index contributed by atoms with van der Waals surface area (Å²) in [5.41, 5.74) is 7.77. The van der Waals surface area contributed by atoms with E-state index in [1.54, 1.807) is 0 Å². The summed E-state index contributed by atoms with van der Waals surface area (Å²) in [6.45, 7) is 4.23. The maximum atomic E-state index is 4.79. The van der Waals surface area contributed by atoms with Crippen LogP contribution in [0.2, 0.25) is 0 Å². The molecule has 0 bridgehead atoms. The van der Waals surface area contributed by atoms with Gasteiger partial charge in [-0.3, -0.25) is 4.68 Å².